The molecule has 25 heavy (non-hydrogen) atoms. The topological polar surface area (TPSA) is 61.4 Å². The van der Waals surface area contributed by atoms with Crippen molar-refractivity contribution in [2.45, 2.75) is 13.3 Å². The average molecular weight is 339 g/mol. The second-order valence-corrected chi connectivity index (χ2v) is 6.15. The number of anilines is 1. The summed E-state index contributed by atoms with van der Waals surface area (Å²) in [6, 6.07) is 12.0. The first-order valence-electron chi connectivity index (χ1n) is 8.88. The van der Waals surface area contributed by atoms with Crippen LogP contribution in [0.15, 0.2) is 42.6 Å². The second-order valence-electron chi connectivity index (χ2n) is 6.15. The van der Waals surface area contributed by atoms with Gasteiger partial charge < -0.3 is 15.1 Å². The fourth-order valence-corrected chi connectivity index (χ4v) is 2.96. The molecule has 2 heterocycles. The second kappa shape index (κ2) is 8.58. The van der Waals surface area contributed by atoms with Crippen molar-refractivity contribution in [2.75, 3.05) is 44.6 Å². The predicted octanol–water partition coefficient (Wildman–Crippen LogP) is 1.91. The van der Waals surface area contributed by atoms with Gasteiger partial charge in [0, 0.05) is 38.9 Å². The zero-order valence-electron chi connectivity index (χ0n) is 14.7. The Morgan fingerprint density at radius 1 is 1.12 bits per heavy atom. The van der Waals surface area contributed by atoms with Crippen LogP contribution in [-0.4, -0.2) is 64.9 Å². The molecule has 2 aromatic rings. The van der Waals surface area contributed by atoms with Crippen molar-refractivity contribution < 1.29 is 4.79 Å². The summed E-state index contributed by atoms with van der Waals surface area (Å²) in [5, 5.41) is 3.21. The Morgan fingerprint density at radius 2 is 1.88 bits per heavy atom. The van der Waals surface area contributed by atoms with E-state index in [1.807, 2.05) is 23.1 Å². The number of piperazine rings is 1. The highest BCUT2D eigenvalue weighted by atomic mass is 16.2. The van der Waals surface area contributed by atoms with Crippen LogP contribution < -0.4 is 5.32 Å². The largest absolute Gasteiger partial charge is 0.354 e. The van der Waals surface area contributed by atoms with Gasteiger partial charge in [-0.3, -0.25) is 4.79 Å². The number of hydrogen-bond acceptors (Lipinski definition) is 5. The quantitative estimate of drug-likeness (QED) is 0.871. The summed E-state index contributed by atoms with van der Waals surface area (Å²) in [6.07, 6.45) is 2.54. The maximum Gasteiger partial charge on any atom is 0.272 e. The van der Waals surface area contributed by atoms with Gasteiger partial charge in [-0.1, -0.05) is 37.3 Å². The normalized spacial score (nSPS) is 15.2. The maximum absolute atomic E-state index is 12.6. The van der Waals surface area contributed by atoms with Gasteiger partial charge in [-0.05, 0) is 24.6 Å². The average Bonchev–Trinajstić information content (AvgIpc) is 2.68. The van der Waals surface area contributed by atoms with Crippen molar-refractivity contribution in [1.82, 2.24) is 19.8 Å². The first-order chi connectivity index (χ1) is 12.3. The van der Waals surface area contributed by atoms with Crippen LogP contribution in [0.5, 0.6) is 0 Å². The summed E-state index contributed by atoms with van der Waals surface area (Å²) in [6.45, 7) is 7.28. The standard InChI is InChI=1S/C19H25N5O/c1-2-23-12-14-24(15-13-23)18(25)17-9-11-21-19(22-17)20-10-8-16-6-4-3-5-7-16/h3-7,9,11H,2,8,10,12-15H2,1H3,(H,20,21,22). The molecule has 0 radical (unpaired) electrons. The van der Waals surface area contributed by atoms with Gasteiger partial charge in [-0.15, -0.1) is 0 Å². The van der Waals surface area contributed by atoms with E-state index in [0.29, 0.717) is 11.6 Å². The Morgan fingerprint density at radius 3 is 2.60 bits per heavy atom. The van der Waals surface area contributed by atoms with Gasteiger partial charge >= 0.3 is 0 Å². The van der Waals surface area contributed by atoms with Crippen molar-refractivity contribution in [1.29, 1.82) is 0 Å². The Hall–Kier alpha value is -2.47. The lowest BCUT2D eigenvalue weighted by atomic mass is 10.1. The fourth-order valence-electron chi connectivity index (χ4n) is 2.96. The number of aromatic nitrogens is 2. The van der Waals surface area contributed by atoms with E-state index in [0.717, 1.165) is 45.7 Å². The van der Waals surface area contributed by atoms with E-state index in [1.165, 1.54) is 5.56 Å². The number of rotatable bonds is 6. The van der Waals surface area contributed by atoms with E-state index in [2.05, 4.69) is 39.2 Å². The number of carbonyl (C=O) groups excluding carboxylic acids is 1. The molecule has 1 amide bonds. The number of benzene rings is 1. The molecule has 0 unspecified atom stereocenters. The van der Waals surface area contributed by atoms with Crippen molar-refractivity contribution >= 4 is 11.9 Å². The molecule has 3 rings (SSSR count). The van der Waals surface area contributed by atoms with E-state index in [9.17, 15) is 4.79 Å². The smallest absolute Gasteiger partial charge is 0.272 e. The van der Waals surface area contributed by atoms with Gasteiger partial charge in [0.1, 0.15) is 5.69 Å². The third kappa shape index (κ3) is 4.76. The Labute approximate surface area is 148 Å². The van der Waals surface area contributed by atoms with Gasteiger partial charge in [0.2, 0.25) is 5.95 Å². The van der Waals surface area contributed by atoms with E-state index >= 15 is 0 Å². The number of nitrogens with one attached hydrogen (secondary N) is 1. The summed E-state index contributed by atoms with van der Waals surface area (Å²) in [5.74, 6) is 0.498. The molecule has 0 bridgehead atoms. The van der Waals surface area contributed by atoms with Crippen molar-refractivity contribution in [3.05, 3.63) is 53.9 Å². The molecule has 1 aromatic carbocycles. The molecule has 1 N–H and O–H groups in total. The maximum atomic E-state index is 12.6. The molecule has 0 aliphatic carbocycles. The van der Waals surface area contributed by atoms with E-state index < -0.39 is 0 Å². The molecule has 132 valence electrons. The summed E-state index contributed by atoms with van der Waals surface area (Å²) < 4.78 is 0. The van der Waals surface area contributed by atoms with Gasteiger partial charge in [-0.2, -0.15) is 0 Å². The van der Waals surface area contributed by atoms with Crippen molar-refractivity contribution in [3.8, 4) is 0 Å². The molecule has 1 aliphatic rings. The number of nitrogens with zero attached hydrogens (tertiary/aromatic N) is 4. The Bertz CT molecular complexity index is 683. The van der Waals surface area contributed by atoms with Crippen LogP contribution in [0, 0.1) is 0 Å². The molecule has 1 aromatic heterocycles. The van der Waals surface area contributed by atoms with Crippen LogP contribution in [0.4, 0.5) is 5.95 Å². The first-order valence-corrected chi connectivity index (χ1v) is 8.88. The van der Waals surface area contributed by atoms with E-state index in [4.69, 9.17) is 0 Å². The van der Waals surface area contributed by atoms with Gasteiger partial charge in [0.15, 0.2) is 0 Å². The van der Waals surface area contributed by atoms with Crippen LogP contribution in [0.3, 0.4) is 0 Å². The summed E-state index contributed by atoms with van der Waals surface area (Å²) in [5.41, 5.74) is 1.72. The monoisotopic (exact) mass is 339 g/mol. The zero-order valence-corrected chi connectivity index (χ0v) is 14.7. The minimum absolute atomic E-state index is 0.00994. The third-order valence-electron chi connectivity index (χ3n) is 4.52. The number of hydrogen-bond donors (Lipinski definition) is 1. The molecule has 0 spiro atoms. The number of carbonyl (C=O) groups is 1. The van der Waals surface area contributed by atoms with Crippen LogP contribution in [0.25, 0.3) is 0 Å². The SMILES string of the molecule is CCN1CCN(C(=O)c2ccnc(NCCc3ccccc3)n2)CC1. The molecular formula is C19H25N5O. The molecule has 0 saturated carbocycles. The first kappa shape index (κ1) is 17.4. The molecule has 0 atom stereocenters. The molecule has 1 fully saturated rings. The Kier molecular flexibility index (Phi) is 5.95. The summed E-state index contributed by atoms with van der Waals surface area (Å²) >= 11 is 0. The van der Waals surface area contributed by atoms with E-state index in [-0.39, 0.29) is 5.91 Å². The van der Waals surface area contributed by atoms with Gasteiger partial charge in [-0.25, -0.2) is 9.97 Å². The fraction of sp³-hybridized carbons (Fsp3) is 0.421. The van der Waals surface area contributed by atoms with Gasteiger partial charge in [0.25, 0.3) is 5.91 Å². The highest BCUT2D eigenvalue weighted by Crippen LogP contribution is 2.09. The zero-order chi connectivity index (χ0) is 17.5. The predicted molar refractivity (Wildman–Crippen MR) is 98.7 cm³/mol. The molecule has 6 nitrogen and oxygen atoms in total. The lowest BCUT2D eigenvalue weighted by molar-refractivity contribution is 0.0637. The van der Waals surface area contributed by atoms with Crippen molar-refractivity contribution in [3.63, 3.8) is 0 Å². The molecule has 1 saturated heterocycles. The number of amides is 1. The van der Waals surface area contributed by atoms with Gasteiger partial charge in [0.05, 0.1) is 0 Å². The van der Waals surface area contributed by atoms with Crippen LogP contribution >= 0.6 is 0 Å². The lowest BCUT2D eigenvalue weighted by Crippen LogP contribution is -2.48. The van der Waals surface area contributed by atoms with E-state index in [1.54, 1.807) is 12.3 Å². The van der Waals surface area contributed by atoms with Crippen LogP contribution in [-0.2, 0) is 6.42 Å². The van der Waals surface area contributed by atoms with Crippen molar-refractivity contribution in [2.24, 2.45) is 0 Å². The summed E-state index contributed by atoms with van der Waals surface area (Å²) in [7, 11) is 0. The van der Waals surface area contributed by atoms with Crippen LogP contribution in [0.2, 0.25) is 0 Å². The van der Waals surface area contributed by atoms with Crippen LogP contribution in [0.1, 0.15) is 23.0 Å². The molecular weight excluding hydrogens is 314 g/mol. The third-order valence-corrected chi connectivity index (χ3v) is 4.52. The minimum atomic E-state index is -0.00994. The highest BCUT2D eigenvalue weighted by Gasteiger charge is 2.22. The number of likely N-dealkylation sites (N-methyl/N-ethyl adjacent to an activating group) is 1. The molecule has 6 heteroatoms. The lowest BCUT2D eigenvalue weighted by Gasteiger charge is -2.33. The molecule has 1 aliphatic heterocycles. The summed E-state index contributed by atoms with van der Waals surface area (Å²) in [4.78, 5) is 25.5. The minimum Gasteiger partial charge on any atom is -0.354 e. The Balaban J connectivity index is 1.55. The highest BCUT2D eigenvalue weighted by molar-refractivity contribution is 5.92.